The molecule has 184 valence electrons. The van der Waals surface area contributed by atoms with Gasteiger partial charge in [-0.25, -0.2) is 4.98 Å². The number of anilines is 2. The van der Waals surface area contributed by atoms with Crippen LogP contribution in [0.2, 0.25) is 0 Å². The van der Waals surface area contributed by atoms with Crippen molar-refractivity contribution in [2.45, 2.75) is 50.3 Å². The molecule has 3 saturated heterocycles. The van der Waals surface area contributed by atoms with E-state index >= 15 is 0 Å². The number of thiophene rings is 1. The molecule has 0 saturated carbocycles. The van der Waals surface area contributed by atoms with E-state index < -0.39 is 0 Å². The molecule has 3 fully saturated rings. The Morgan fingerprint density at radius 1 is 1.09 bits per heavy atom. The maximum absolute atomic E-state index is 11.8. The largest absolute Gasteiger partial charge is 0.496 e. The van der Waals surface area contributed by atoms with Gasteiger partial charge in [-0.3, -0.25) is 4.79 Å². The molecule has 3 aliphatic heterocycles. The molecule has 8 nitrogen and oxygen atoms in total. The molecule has 3 atom stereocenters. The van der Waals surface area contributed by atoms with Crippen LogP contribution in [-0.4, -0.2) is 61.4 Å². The van der Waals surface area contributed by atoms with E-state index in [1.165, 1.54) is 0 Å². The first-order chi connectivity index (χ1) is 17.1. The third kappa shape index (κ3) is 3.81. The average molecular weight is 494 g/mol. The summed E-state index contributed by atoms with van der Waals surface area (Å²) in [5.74, 6) is 2.13. The van der Waals surface area contributed by atoms with Crippen LogP contribution in [0.15, 0.2) is 29.6 Å². The molecule has 5 heterocycles. The number of para-hydroxylation sites is 1. The molecule has 0 aliphatic carbocycles. The third-order valence-corrected chi connectivity index (χ3v) is 8.81. The highest BCUT2D eigenvalue weighted by atomic mass is 32.1. The quantitative estimate of drug-likeness (QED) is 0.558. The van der Waals surface area contributed by atoms with Crippen LogP contribution in [0.25, 0.3) is 21.3 Å². The Morgan fingerprint density at radius 3 is 2.54 bits per heavy atom. The predicted molar refractivity (Wildman–Crippen MR) is 138 cm³/mol. The van der Waals surface area contributed by atoms with E-state index in [1.54, 1.807) is 18.4 Å². The Balaban J connectivity index is 1.50. The van der Waals surface area contributed by atoms with Gasteiger partial charge in [-0.1, -0.05) is 18.2 Å². The van der Waals surface area contributed by atoms with E-state index in [1.807, 2.05) is 25.3 Å². The van der Waals surface area contributed by atoms with Crippen LogP contribution in [0, 0.1) is 5.92 Å². The van der Waals surface area contributed by atoms with Gasteiger partial charge in [-0.15, -0.1) is 11.3 Å². The fraction of sp³-hybridized carbons (Fsp3) is 0.500. The van der Waals surface area contributed by atoms with Gasteiger partial charge < -0.3 is 25.0 Å². The number of benzene rings is 1. The van der Waals surface area contributed by atoms with Crippen LogP contribution < -0.4 is 20.3 Å². The summed E-state index contributed by atoms with van der Waals surface area (Å²) in [7, 11) is 3.53. The fourth-order valence-electron chi connectivity index (χ4n) is 6.15. The van der Waals surface area contributed by atoms with Gasteiger partial charge in [0, 0.05) is 48.8 Å². The number of nitrogens with two attached hydrogens (primary N) is 1. The second-order valence-electron chi connectivity index (χ2n) is 9.83. The standard InChI is InChI=1S/C26H31N5O3S/c1-33-18-11-16-7-8-17(12-18)31(16)24-22-20(19-5-3-4-6-21(19)34-2)14-35-25(22)29-26(28-24)30-10-9-15(13-30)23(27)32/h3-6,14-18H,7-13H2,1-2H3,(H2,27,32). The minimum absolute atomic E-state index is 0.154. The van der Waals surface area contributed by atoms with Crippen molar-refractivity contribution in [3.63, 3.8) is 0 Å². The van der Waals surface area contributed by atoms with Crippen molar-refractivity contribution in [2.75, 3.05) is 37.1 Å². The highest BCUT2D eigenvalue weighted by Crippen LogP contribution is 2.47. The van der Waals surface area contributed by atoms with Crippen molar-refractivity contribution in [3.8, 4) is 16.9 Å². The Morgan fingerprint density at radius 2 is 1.86 bits per heavy atom. The minimum atomic E-state index is -0.247. The lowest BCUT2D eigenvalue weighted by Gasteiger charge is -2.40. The molecular weight excluding hydrogens is 462 g/mol. The van der Waals surface area contributed by atoms with Gasteiger partial charge in [0.15, 0.2) is 0 Å². The number of carbonyl (C=O) groups excluding carboxylic acids is 1. The third-order valence-electron chi connectivity index (χ3n) is 7.94. The fourth-order valence-corrected chi connectivity index (χ4v) is 7.07. The normalized spacial score (nSPS) is 26.0. The summed E-state index contributed by atoms with van der Waals surface area (Å²) < 4.78 is 11.5. The number of carbonyl (C=O) groups is 1. The highest BCUT2D eigenvalue weighted by molar-refractivity contribution is 7.17. The van der Waals surface area contributed by atoms with E-state index in [4.69, 9.17) is 25.2 Å². The van der Waals surface area contributed by atoms with Gasteiger partial charge in [0.25, 0.3) is 0 Å². The van der Waals surface area contributed by atoms with Crippen LogP contribution in [0.5, 0.6) is 5.75 Å². The van der Waals surface area contributed by atoms with Crippen LogP contribution in [0.1, 0.15) is 32.1 Å². The van der Waals surface area contributed by atoms with Crippen molar-refractivity contribution >= 4 is 39.2 Å². The summed E-state index contributed by atoms with van der Waals surface area (Å²) in [6, 6.07) is 8.92. The van der Waals surface area contributed by atoms with Crippen LogP contribution in [0.3, 0.4) is 0 Å². The Labute approximate surface area is 209 Å². The van der Waals surface area contributed by atoms with Gasteiger partial charge in [-0.05, 0) is 38.2 Å². The average Bonchev–Trinajstić information content (AvgIpc) is 3.59. The molecule has 6 rings (SSSR count). The Hall–Kier alpha value is -2.91. The van der Waals surface area contributed by atoms with Crippen molar-refractivity contribution in [1.29, 1.82) is 0 Å². The molecular formula is C26H31N5O3S. The molecule has 1 aromatic carbocycles. The number of aromatic nitrogens is 2. The summed E-state index contributed by atoms with van der Waals surface area (Å²) in [4.78, 5) is 27.6. The minimum Gasteiger partial charge on any atom is -0.496 e. The number of methoxy groups -OCH3 is 2. The highest BCUT2D eigenvalue weighted by Gasteiger charge is 2.43. The van der Waals surface area contributed by atoms with Crippen LogP contribution in [0.4, 0.5) is 11.8 Å². The first-order valence-electron chi connectivity index (χ1n) is 12.4. The molecule has 1 amide bonds. The second kappa shape index (κ2) is 8.95. The smallest absolute Gasteiger partial charge is 0.228 e. The topological polar surface area (TPSA) is 93.8 Å². The lowest BCUT2D eigenvalue weighted by molar-refractivity contribution is -0.121. The molecule has 3 aromatic rings. The number of piperidine rings is 1. The van der Waals surface area contributed by atoms with Gasteiger partial charge in [0.2, 0.25) is 11.9 Å². The SMILES string of the molecule is COc1ccccc1-c1csc2nc(N3CCC(C(N)=O)C3)nc(N3C4CCC3CC(OC)C4)c12. The van der Waals surface area contributed by atoms with Crippen molar-refractivity contribution < 1.29 is 14.3 Å². The number of nitrogens with zero attached hydrogens (tertiary/aromatic N) is 4. The van der Waals surface area contributed by atoms with E-state index in [0.29, 0.717) is 30.7 Å². The van der Waals surface area contributed by atoms with Gasteiger partial charge in [-0.2, -0.15) is 4.98 Å². The number of hydrogen-bond acceptors (Lipinski definition) is 8. The molecule has 0 radical (unpaired) electrons. The van der Waals surface area contributed by atoms with E-state index in [2.05, 4.69) is 21.2 Å². The zero-order valence-electron chi connectivity index (χ0n) is 20.1. The summed E-state index contributed by atoms with van der Waals surface area (Å²) in [6.45, 7) is 1.31. The molecule has 3 unspecified atom stereocenters. The van der Waals surface area contributed by atoms with Gasteiger partial charge in [0.05, 0.1) is 24.5 Å². The lowest BCUT2D eigenvalue weighted by Crippen LogP contribution is -2.46. The molecule has 35 heavy (non-hydrogen) atoms. The maximum atomic E-state index is 11.8. The number of fused-ring (bicyclic) bond motifs is 3. The number of amides is 1. The number of primary amides is 1. The molecule has 2 bridgehead atoms. The Bertz CT molecular complexity index is 1250. The predicted octanol–water partition coefficient (Wildman–Crippen LogP) is 3.82. The zero-order chi connectivity index (χ0) is 24.1. The van der Waals surface area contributed by atoms with E-state index in [0.717, 1.165) is 71.6 Å². The van der Waals surface area contributed by atoms with Crippen molar-refractivity contribution in [1.82, 2.24) is 9.97 Å². The van der Waals surface area contributed by atoms with Gasteiger partial charge >= 0.3 is 0 Å². The summed E-state index contributed by atoms with van der Waals surface area (Å²) >= 11 is 1.64. The summed E-state index contributed by atoms with van der Waals surface area (Å²) in [6.07, 6.45) is 5.35. The molecule has 2 aromatic heterocycles. The van der Waals surface area contributed by atoms with E-state index in [9.17, 15) is 4.79 Å². The maximum Gasteiger partial charge on any atom is 0.228 e. The van der Waals surface area contributed by atoms with E-state index in [-0.39, 0.29) is 11.8 Å². The molecule has 2 N–H and O–H groups in total. The number of hydrogen-bond donors (Lipinski definition) is 1. The number of ether oxygens (including phenoxy) is 2. The molecule has 3 aliphatic rings. The first kappa shape index (κ1) is 22.5. The van der Waals surface area contributed by atoms with Gasteiger partial charge in [0.1, 0.15) is 16.4 Å². The van der Waals surface area contributed by atoms with Crippen molar-refractivity contribution in [2.24, 2.45) is 11.7 Å². The zero-order valence-corrected chi connectivity index (χ0v) is 21.0. The summed E-state index contributed by atoms with van der Waals surface area (Å²) in [5, 5.41) is 3.26. The first-order valence-corrected chi connectivity index (χ1v) is 13.2. The summed E-state index contributed by atoms with van der Waals surface area (Å²) in [5.41, 5.74) is 7.76. The van der Waals surface area contributed by atoms with Crippen LogP contribution in [-0.2, 0) is 9.53 Å². The van der Waals surface area contributed by atoms with Crippen molar-refractivity contribution in [3.05, 3.63) is 29.6 Å². The second-order valence-corrected chi connectivity index (χ2v) is 10.7. The lowest BCUT2D eigenvalue weighted by atomic mass is 9.98. The molecule has 0 spiro atoms. The molecule has 9 heteroatoms. The monoisotopic (exact) mass is 493 g/mol. The Kier molecular flexibility index (Phi) is 5.76. The van der Waals surface area contributed by atoms with Crippen LogP contribution >= 0.6 is 11.3 Å². The number of rotatable bonds is 6.